The van der Waals surface area contributed by atoms with Gasteiger partial charge < -0.3 is 10.2 Å². The van der Waals surface area contributed by atoms with Gasteiger partial charge in [-0.15, -0.1) is 0 Å². The van der Waals surface area contributed by atoms with Gasteiger partial charge in [-0.3, -0.25) is 14.9 Å². The fourth-order valence-electron chi connectivity index (χ4n) is 2.53. The smallest absolute Gasteiger partial charge is 0.276 e. The second-order valence-electron chi connectivity index (χ2n) is 5.53. The molecule has 0 aliphatic carbocycles. The average molecular weight is 345 g/mol. The summed E-state index contributed by atoms with van der Waals surface area (Å²) >= 11 is 0. The summed E-state index contributed by atoms with van der Waals surface area (Å²) in [6.07, 6.45) is 0. The molecule has 132 valence electrons. The molecule has 0 aliphatic rings. The number of hydrogen-bond donors (Lipinski definition) is 1. The van der Waals surface area contributed by atoms with Gasteiger partial charge in [-0.1, -0.05) is 0 Å². The molecule has 0 fully saturated rings. The van der Waals surface area contributed by atoms with E-state index in [0.717, 1.165) is 30.9 Å². The second-order valence-corrected chi connectivity index (χ2v) is 5.53. The van der Waals surface area contributed by atoms with Crippen LogP contribution in [-0.4, -0.2) is 23.9 Å². The van der Waals surface area contributed by atoms with E-state index in [2.05, 4.69) is 24.1 Å². The van der Waals surface area contributed by atoms with Crippen LogP contribution in [0.25, 0.3) is 0 Å². The first-order valence-electron chi connectivity index (χ1n) is 7.98. The van der Waals surface area contributed by atoms with Crippen molar-refractivity contribution in [2.75, 3.05) is 23.3 Å². The molecule has 0 atom stereocenters. The Labute approximate surface area is 145 Å². The van der Waals surface area contributed by atoms with Crippen LogP contribution in [0.5, 0.6) is 0 Å². The van der Waals surface area contributed by atoms with Crippen LogP contribution in [-0.2, 0) is 0 Å². The molecule has 0 spiro atoms. The van der Waals surface area contributed by atoms with Crippen molar-refractivity contribution < 1.29 is 14.1 Å². The van der Waals surface area contributed by atoms with E-state index in [-0.39, 0.29) is 11.1 Å². The summed E-state index contributed by atoms with van der Waals surface area (Å²) in [5, 5.41) is 13.6. The minimum Gasteiger partial charge on any atom is -0.372 e. The van der Waals surface area contributed by atoms with E-state index < -0.39 is 22.3 Å². The summed E-state index contributed by atoms with van der Waals surface area (Å²) in [5.41, 5.74) is 0.958. The lowest BCUT2D eigenvalue weighted by Gasteiger charge is -2.21. The molecule has 7 heteroatoms. The minimum absolute atomic E-state index is 0.0925. The Morgan fingerprint density at radius 2 is 1.80 bits per heavy atom. The topological polar surface area (TPSA) is 75.5 Å². The van der Waals surface area contributed by atoms with E-state index in [1.54, 1.807) is 12.1 Å². The molecule has 0 aliphatic heterocycles. The lowest BCUT2D eigenvalue weighted by molar-refractivity contribution is -0.385. The van der Waals surface area contributed by atoms with Gasteiger partial charge in [-0.05, 0) is 51.1 Å². The molecule has 2 aromatic rings. The molecule has 6 nitrogen and oxygen atoms in total. The van der Waals surface area contributed by atoms with Crippen LogP contribution in [0.4, 0.5) is 21.5 Å². The predicted octanol–water partition coefficient (Wildman–Crippen LogP) is 4.14. The third kappa shape index (κ3) is 4.12. The lowest BCUT2D eigenvalue weighted by Crippen LogP contribution is -2.21. The highest BCUT2D eigenvalue weighted by Gasteiger charge is 2.19. The van der Waals surface area contributed by atoms with E-state index >= 15 is 0 Å². The van der Waals surface area contributed by atoms with Crippen molar-refractivity contribution in [3.8, 4) is 0 Å². The fourth-order valence-corrected chi connectivity index (χ4v) is 2.53. The van der Waals surface area contributed by atoms with Gasteiger partial charge in [0.2, 0.25) is 0 Å². The first kappa shape index (κ1) is 18.4. The van der Waals surface area contributed by atoms with Crippen LogP contribution < -0.4 is 10.2 Å². The molecule has 0 aromatic heterocycles. The first-order chi connectivity index (χ1) is 11.9. The molecular formula is C18H20FN3O3. The van der Waals surface area contributed by atoms with Crippen LogP contribution in [0.15, 0.2) is 36.4 Å². The summed E-state index contributed by atoms with van der Waals surface area (Å²) in [5.74, 6) is -1.38. The number of hydrogen-bond acceptors (Lipinski definition) is 4. The van der Waals surface area contributed by atoms with E-state index in [1.165, 1.54) is 6.92 Å². The molecule has 0 radical (unpaired) electrons. The molecule has 2 aromatic carbocycles. The van der Waals surface area contributed by atoms with Gasteiger partial charge in [-0.25, -0.2) is 4.39 Å². The highest BCUT2D eigenvalue weighted by Crippen LogP contribution is 2.24. The van der Waals surface area contributed by atoms with Gasteiger partial charge in [0.05, 0.1) is 10.5 Å². The summed E-state index contributed by atoms with van der Waals surface area (Å²) < 4.78 is 13.8. The zero-order valence-corrected chi connectivity index (χ0v) is 14.4. The monoisotopic (exact) mass is 345 g/mol. The zero-order valence-electron chi connectivity index (χ0n) is 14.4. The molecule has 0 unspecified atom stereocenters. The summed E-state index contributed by atoms with van der Waals surface area (Å²) in [4.78, 5) is 24.7. The number of nitrogens with one attached hydrogen (secondary N) is 1. The average Bonchev–Trinajstić information content (AvgIpc) is 2.59. The highest BCUT2D eigenvalue weighted by atomic mass is 19.1. The maximum absolute atomic E-state index is 13.8. The molecule has 1 N–H and O–H groups in total. The van der Waals surface area contributed by atoms with Gasteiger partial charge in [0.25, 0.3) is 11.6 Å². The summed E-state index contributed by atoms with van der Waals surface area (Å²) in [6.45, 7) is 7.15. The van der Waals surface area contributed by atoms with Crippen LogP contribution >= 0.6 is 0 Å². The molecular weight excluding hydrogens is 325 g/mol. The van der Waals surface area contributed by atoms with Gasteiger partial charge in [0.15, 0.2) is 0 Å². The Bertz CT molecular complexity index is 787. The number of halogens is 1. The van der Waals surface area contributed by atoms with Gasteiger partial charge in [-0.2, -0.15) is 0 Å². The number of anilines is 2. The molecule has 0 saturated heterocycles. The van der Waals surface area contributed by atoms with Gasteiger partial charge in [0, 0.05) is 36.1 Å². The third-order valence-electron chi connectivity index (χ3n) is 4.03. The highest BCUT2D eigenvalue weighted by molar-refractivity contribution is 6.04. The van der Waals surface area contributed by atoms with Crippen molar-refractivity contribution in [3.63, 3.8) is 0 Å². The van der Waals surface area contributed by atoms with Crippen molar-refractivity contribution >= 4 is 23.0 Å². The molecule has 0 heterocycles. The maximum Gasteiger partial charge on any atom is 0.276 e. The van der Waals surface area contributed by atoms with Gasteiger partial charge >= 0.3 is 0 Å². The van der Waals surface area contributed by atoms with E-state index in [0.29, 0.717) is 5.69 Å². The number of carbonyl (C=O) groups excluding carboxylic acids is 1. The Balaban J connectivity index is 2.21. The van der Waals surface area contributed by atoms with Crippen LogP contribution in [0.3, 0.4) is 0 Å². The Morgan fingerprint density at radius 3 is 2.32 bits per heavy atom. The Hall–Kier alpha value is -2.96. The van der Waals surface area contributed by atoms with E-state index in [4.69, 9.17) is 0 Å². The molecule has 0 bridgehead atoms. The Morgan fingerprint density at radius 1 is 1.20 bits per heavy atom. The minimum atomic E-state index is -0.781. The Kier molecular flexibility index (Phi) is 5.69. The molecule has 2 rings (SSSR count). The normalized spacial score (nSPS) is 10.4. The molecule has 0 saturated carbocycles. The number of rotatable bonds is 6. The summed E-state index contributed by atoms with van der Waals surface area (Å²) in [7, 11) is 0. The zero-order chi connectivity index (χ0) is 18.6. The summed E-state index contributed by atoms with van der Waals surface area (Å²) in [6, 6.07) is 9.32. The number of benzene rings is 2. The van der Waals surface area contributed by atoms with Crippen molar-refractivity contribution in [2.45, 2.75) is 20.8 Å². The van der Waals surface area contributed by atoms with Crippen molar-refractivity contribution in [1.29, 1.82) is 0 Å². The maximum atomic E-state index is 13.8. The van der Waals surface area contributed by atoms with Crippen LogP contribution in [0.1, 0.15) is 29.8 Å². The first-order valence-corrected chi connectivity index (χ1v) is 7.98. The number of nitro benzene ring substituents is 1. The third-order valence-corrected chi connectivity index (χ3v) is 4.03. The van der Waals surface area contributed by atoms with E-state index in [1.807, 2.05) is 12.1 Å². The molecule has 25 heavy (non-hydrogen) atoms. The predicted molar refractivity (Wildman–Crippen MR) is 95.7 cm³/mol. The number of nitro groups is 1. The molecule has 1 amide bonds. The fraction of sp³-hybridized carbons (Fsp3) is 0.278. The van der Waals surface area contributed by atoms with Crippen LogP contribution in [0.2, 0.25) is 0 Å². The largest absolute Gasteiger partial charge is 0.372 e. The van der Waals surface area contributed by atoms with Crippen molar-refractivity contribution in [2.24, 2.45) is 0 Å². The quantitative estimate of drug-likeness (QED) is 0.630. The van der Waals surface area contributed by atoms with Crippen molar-refractivity contribution in [3.05, 3.63) is 63.5 Å². The van der Waals surface area contributed by atoms with E-state index in [9.17, 15) is 19.3 Å². The number of amides is 1. The van der Waals surface area contributed by atoms with Crippen LogP contribution in [0, 0.1) is 22.9 Å². The van der Waals surface area contributed by atoms with Crippen molar-refractivity contribution in [1.82, 2.24) is 0 Å². The van der Waals surface area contributed by atoms with Gasteiger partial charge in [0.1, 0.15) is 5.82 Å². The SMILES string of the molecule is CCN(CC)c1ccc(NC(=O)c2cc(F)c(C)c([N+](=O)[O-])c2)cc1. The standard InChI is InChI=1S/C18H20FN3O3/c1-4-21(5-2)15-8-6-14(7-9-15)20-18(23)13-10-16(19)12(3)17(11-13)22(24)25/h6-11H,4-5H2,1-3H3,(H,20,23). The lowest BCUT2D eigenvalue weighted by atomic mass is 10.1. The second kappa shape index (κ2) is 7.74. The number of carbonyl (C=O) groups is 1. The number of nitrogens with zero attached hydrogens (tertiary/aromatic N) is 2.